The van der Waals surface area contributed by atoms with Crippen molar-refractivity contribution in [2.45, 2.75) is 52.0 Å². The number of piperidine rings is 1. The summed E-state index contributed by atoms with van der Waals surface area (Å²) in [5.41, 5.74) is 1.30. The monoisotopic (exact) mass is 518 g/mol. The first kappa shape index (κ1) is 24.3. The molecule has 38 heavy (non-hydrogen) atoms. The zero-order valence-corrected chi connectivity index (χ0v) is 21.5. The van der Waals surface area contributed by atoms with Gasteiger partial charge in [-0.1, -0.05) is 19.9 Å². The number of rotatable bonds is 3. The van der Waals surface area contributed by atoms with Crippen LogP contribution in [-0.2, 0) is 0 Å². The Morgan fingerprint density at radius 3 is 2.76 bits per heavy atom. The van der Waals surface area contributed by atoms with E-state index in [1.165, 1.54) is 22.8 Å². The van der Waals surface area contributed by atoms with Crippen LogP contribution in [0.5, 0.6) is 11.5 Å². The number of ether oxygens (including phenoxy) is 1. The number of hydrogen-bond acceptors (Lipinski definition) is 6. The van der Waals surface area contributed by atoms with Gasteiger partial charge in [0.2, 0.25) is 0 Å². The van der Waals surface area contributed by atoms with E-state index in [1.807, 2.05) is 25.7 Å². The summed E-state index contributed by atoms with van der Waals surface area (Å²) in [4.78, 5) is 25.0. The van der Waals surface area contributed by atoms with Crippen LogP contribution >= 0.6 is 0 Å². The largest absolute Gasteiger partial charge is 0.507 e. The molecule has 4 aromatic rings. The maximum atomic E-state index is 16.3. The smallest absolute Gasteiger partial charge is 0.354 e. The van der Waals surface area contributed by atoms with Crippen LogP contribution in [-0.4, -0.2) is 38.8 Å². The Hall–Kier alpha value is -4.01. The molecular formula is C29H28F2N4O3. The number of benzene rings is 2. The number of nitrogens with zero attached hydrogens (tertiary/aromatic N) is 4. The molecule has 0 unspecified atom stereocenters. The third-order valence-corrected chi connectivity index (χ3v) is 7.56. The maximum absolute atomic E-state index is 16.3. The molecule has 0 amide bonds. The van der Waals surface area contributed by atoms with E-state index in [0.29, 0.717) is 34.6 Å². The minimum absolute atomic E-state index is 0.0278. The SMILES string of the molecule is Cc1ccnc(C(C)C)c1-n1c(=O)nc2c3c(c(F)c(-c4c(O)cccc4F)cc31)OC[C@@H]1CCCCN21. The first-order valence-corrected chi connectivity index (χ1v) is 12.9. The van der Waals surface area contributed by atoms with E-state index in [0.717, 1.165) is 30.9 Å². The number of halogens is 2. The normalized spacial score (nSPS) is 16.9. The Labute approximate surface area is 218 Å². The predicted octanol–water partition coefficient (Wildman–Crippen LogP) is 5.61. The summed E-state index contributed by atoms with van der Waals surface area (Å²) in [6.45, 7) is 6.69. The van der Waals surface area contributed by atoms with E-state index < -0.39 is 23.1 Å². The number of phenolic OH excluding ortho intramolecular Hbond substituents is 1. The van der Waals surface area contributed by atoms with Crippen LogP contribution in [0.3, 0.4) is 0 Å². The van der Waals surface area contributed by atoms with E-state index in [-0.39, 0.29) is 35.4 Å². The molecule has 0 aliphatic carbocycles. The first-order chi connectivity index (χ1) is 18.3. The zero-order valence-electron chi connectivity index (χ0n) is 21.5. The molecule has 0 saturated carbocycles. The van der Waals surface area contributed by atoms with Gasteiger partial charge in [-0.2, -0.15) is 4.98 Å². The van der Waals surface area contributed by atoms with Crippen LogP contribution in [0.2, 0.25) is 0 Å². The van der Waals surface area contributed by atoms with Crippen LogP contribution in [0.1, 0.15) is 50.3 Å². The van der Waals surface area contributed by atoms with Gasteiger partial charge in [0, 0.05) is 18.3 Å². The summed E-state index contributed by atoms with van der Waals surface area (Å²) in [6.07, 6.45) is 4.42. The molecule has 1 N–H and O–H groups in total. The number of aryl methyl sites for hydroxylation is 1. The molecule has 1 saturated heterocycles. The van der Waals surface area contributed by atoms with Crippen molar-refractivity contribution in [2.75, 3.05) is 18.1 Å². The highest BCUT2D eigenvalue weighted by atomic mass is 19.1. The van der Waals surface area contributed by atoms with Crippen LogP contribution < -0.4 is 15.3 Å². The van der Waals surface area contributed by atoms with Crippen molar-refractivity contribution in [3.8, 4) is 28.3 Å². The fraction of sp³-hybridized carbons (Fsp3) is 0.345. The number of pyridine rings is 1. The molecule has 1 fully saturated rings. The molecule has 7 nitrogen and oxygen atoms in total. The summed E-state index contributed by atoms with van der Waals surface area (Å²) in [7, 11) is 0. The third-order valence-electron chi connectivity index (χ3n) is 7.56. The molecule has 4 heterocycles. The van der Waals surface area contributed by atoms with Gasteiger partial charge in [0.1, 0.15) is 24.0 Å². The molecule has 2 aromatic heterocycles. The number of hydrogen-bond donors (Lipinski definition) is 1. The second-order valence-corrected chi connectivity index (χ2v) is 10.3. The van der Waals surface area contributed by atoms with Crippen molar-refractivity contribution < 1.29 is 18.6 Å². The van der Waals surface area contributed by atoms with E-state index in [2.05, 4.69) is 9.97 Å². The molecule has 2 aliphatic heterocycles. The van der Waals surface area contributed by atoms with Crippen molar-refractivity contribution in [3.63, 3.8) is 0 Å². The standard InChI is InChI=1S/C29H28F2N4O3/c1-15(2)25-26(16(3)10-11-32-25)35-20-13-18(22-19(30)8-6-9-21(22)36)24(31)27-23(20)28(33-29(35)37)34-12-5-4-7-17(34)14-38-27/h6,8-11,13,15,17,36H,4-5,7,12,14H2,1-3H3/t17-/m0/s1. The highest BCUT2D eigenvalue weighted by Gasteiger charge is 2.35. The molecule has 0 radical (unpaired) electrons. The van der Waals surface area contributed by atoms with Crippen molar-refractivity contribution >= 4 is 16.7 Å². The van der Waals surface area contributed by atoms with Crippen LogP contribution in [0, 0.1) is 18.6 Å². The first-order valence-electron chi connectivity index (χ1n) is 12.9. The average molecular weight is 519 g/mol. The van der Waals surface area contributed by atoms with Crippen molar-refractivity contribution in [2.24, 2.45) is 0 Å². The van der Waals surface area contributed by atoms with Gasteiger partial charge in [-0.3, -0.25) is 9.55 Å². The van der Waals surface area contributed by atoms with Gasteiger partial charge < -0.3 is 14.7 Å². The highest BCUT2D eigenvalue weighted by Crippen LogP contribution is 2.46. The van der Waals surface area contributed by atoms with Crippen LogP contribution in [0.4, 0.5) is 14.6 Å². The number of anilines is 1. The maximum Gasteiger partial charge on any atom is 0.354 e. The zero-order chi connectivity index (χ0) is 26.7. The molecule has 0 bridgehead atoms. The van der Waals surface area contributed by atoms with Gasteiger partial charge in [-0.25, -0.2) is 13.6 Å². The van der Waals surface area contributed by atoms with Gasteiger partial charge >= 0.3 is 5.69 Å². The van der Waals surface area contributed by atoms with Crippen molar-refractivity contribution in [1.29, 1.82) is 0 Å². The van der Waals surface area contributed by atoms with Gasteiger partial charge in [0.15, 0.2) is 11.6 Å². The molecule has 196 valence electrons. The lowest BCUT2D eigenvalue weighted by Crippen LogP contribution is -2.43. The third kappa shape index (κ3) is 3.63. The van der Waals surface area contributed by atoms with E-state index >= 15 is 8.78 Å². The minimum Gasteiger partial charge on any atom is -0.507 e. The lowest BCUT2D eigenvalue weighted by molar-refractivity contribution is 0.258. The van der Waals surface area contributed by atoms with Crippen molar-refractivity contribution in [1.82, 2.24) is 14.5 Å². The second kappa shape index (κ2) is 9.08. The molecule has 9 heteroatoms. The molecule has 2 aromatic carbocycles. The lowest BCUT2D eigenvalue weighted by atomic mass is 9.98. The van der Waals surface area contributed by atoms with Gasteiger partial charge in [-0.05, 0) is 61.9 Å². The Bertz CT molecular complexity index is 1630. The topological polar surface area (TPSA) is 80.5 Å². The van der Waals surface area contributed by atoms with E-state index in [4.69, 9.17) is 4.74 Å². The summed E-state index contributed by atoms with van der Waals surface area (Å²) >= 11 is 0. The van der Waals surface area contributed by atoms with E-state index in [9.17, 15) is 9.90 Å². The summed E-state index contributed by atoms with van der Waals surface area (Å²) < 4.78 is 38.9. The molecular weight excluding hydrogens is 490 g/mol. The van der Waals surface area contributed by atoms with Gasteiger partial charge in [0.25, 0.3) is 0 Å². The fourth-order valence-electron chi connectivity index (χ4n) is 5.75. The molecule has 1 atom stereocenters. The number of fused-ring (bicyclic) bond motifs is 2. The average Bonchev–Trinajstić information content (AvgIpc) is 3.05. The lowest BCUT2D eigenvalue weighted by Gasteiger charge is -2.35. The highest BCUT2D eigenvalue weighted by molar-refractivity contribution is 6.00. The Balaban J connectivity index is 1.80. The quantitative estimate of drug-likeness (QED) is 0.380. The number of aromatic hydroxyl groups is 1. The fourth-order valence-corrected chi connectivity index (χ4v) is 5.75. The Kier molecular flexibility index (Phi) is 5.81. The second-order valence-electron chi connectivity index (χ2n) is 10.3. The van der Waals surface area contributed by atoms with E-state index in [1.54, 1.807) is 12.3 Å². The van der Waals surface area contributed by atoms with Crippen LogP contribution in [0.15, 0.2) is 41.3 Å². The number of aromatic nitrogens is 3. The minimum atomic E-state index is -0.807. The van der Waals surface area contributed by atoms with Crippen LogP contribution in [0.25, 0.3) is 27.7 Å². The Morgan fingerprint density at radius 2 is 2.00 bits per heavy atom. The number of phenols is 1. The summed E-state index contributed by atoms with van der Waals surface area (Å²) in [6, 6.07) is 6.96. The van der Waals surface area contributed by atoms with Crippen molar-refractivity contribution in [3.05, 3.63) is 69.9 Å². The Morgan fingerprint density at radius 1 is 1.18 bits per heavy atom. The van der Waals surface area contributed by atoms with Gasteiger partial charge in [0.05, 0.1) is 33.9 Å². The molecule has 0 spiro atoms. The summed E-state index contributed by atoms with van der Waals surface area (Å²) in [5, 5.41) is 10.9. The molecule has 2 aliphatic rings. The molecule has 6 rings (SSSR count). The predicted molar refractivity (Wildman–Crippen MR) is 141 cm³/mol. The summed E-state index contributed by atoms with van der Waals surface area (Å²) in [5.74, 6) is -1.76. The van der Waals surface area contributed by atoms with Gasteiger partial charge in [-0.15, -0.1) is 0 Å².